The molecule has 27 heavy (non-hydrogen) atoms. The van der Waals surface area contributed by atoms with Crippen molar-refractivity contribution in [2.24, 2.45) is 17.8 Å². The third-order valence-corrected chi connectivity index (χ3v) is 6.43. The van der Waals surface area contributed by atoms with Gasteiger partial charge >= 0.3 is 0 Å². The van der Waals surface area contributed by atoms with Crippen LogP contribution in [0.1, 0.15) is 69.8 Å². The Labute approximate surface area is 163 Å². The first-order valence-electron chi connectivity index (χ1n) is 10.8. The number of fused-ring (bicyclic) bond motifs is 1. The van der Waals surface area contributed by atoms with Crippen LogP contribution in [0, 0.1) is 17.8 Å². The number of carbonyl (C=O) groups is 2. The van der Waals surface area contributed by atoms with E-state index in [4.69, 9.17) is 0 Å². The molecule has 1 N–H and O–H groups in total. The Morgan fingerprint density at radius 2 is 1.59 bits per heavy atom. The molecule has 0 heterocycles. The van der Waals surface area contributed by atoms with Gasteiger partial charge in [-0.3, -0.25) is 9.59 Å². The van der Waals surface area contributed by atoms with Crippen molar-refractivity contribution < 1.29 is 9.59 Å². The molecule has 1 amide bonds. The number of amides is 1. The van der Waals surface area contributed by atoms with E-state index in [9.17, 15) is 9.59 Å². The quantitative estimate of drug-likeness (QED) is 0.706. The zero-order chi connectivity index (χ0) is 18.9. The Kier molecular flexibility index (Phi) is 7.67. The van der Waals surface area contributed by atoms with Crippen LogP contribution in [0.2, 0.25) is 0 Å². The fourth-order valence-corrected chi connectivity index (χ4v) is 4.86. The van der Waals surface area contributed by atoms with E-state index in [1.54, 1.807) is 12.2 Å². The van der Waals surface area contributed by atoms with Crippen molar-refractivity contribution in [2.75, 3.05) is 6.54 Å². The first kappa shape index (κ1) is 19.9. The molecule has 1 aromatic carbocycles. The summed E-state index contributed by atoms with van der Waals surface area (Å²) in [6, 6.07) is 9.76. The molecule has 3 atom stereocenters. The Morgan fingerprint density at radius 1 is 0.889 bits per heavy atom. The highest BCUT2D eigenvalue weighted by atomic mass is 16.1. The molecular formula is C24H33NO2. The molecular weight excluding hydrogens is 334 g/mol. The van der Waals surface area contributed by atoms with E-state index < -0.39 is 0 Å². The number of carbonyl (C=O) groups excluding carboxylic acids is 2. The van der Waals surface area contributed by atoms with Gasteiger partial charge in [0.25, 0.3) is 0 Å². The van der Waals surface area contributed by atoms with E-state index >= 15 is 0 Å². The van der Waals surface area contributed by atoms with Crippen LogP contribution in [0.3, 0.4) is 0 Å². The van der Waals surface area contributed by atoms with Crippen molar-refractivity contribution in [1.82, 2.24) is 5.32 Å². The molecule has 2 aliphatic carbocycles. The summed E-state index contributed by atoms with van der Waals surface area (Å²) in [5.74, 6) is 2.21. The average molecular weight is 368 g/mol. The summed E-state index contributed by atoms with van der Waals surface area (Å²) in [6.07, 6.45) is 15.2. The van der Waals surface area contributed by atoms with Crippen LogP contribution in [0.25, 0.3) is 6.08 Å². The number of ketones is 1. The van der Waals surface area contributed by atoms with E-state index in [-0.39, 0.29) is 11.8 Å². The van der Waals surface area contributed by atoms with E-state index in [0.29, 0.717) is 18.7 Å². The van der Waals surface area contributed by atoms with Crippen LogP contribution in [0.4, 0.5) is 0 Å². The van der Waals surface area contributed by atoms with Gasteiger partial charge in [-0.15, -0.1) is 0 Å². The van der Waals surface area contributed by atoms with Crippen molar-refractivity contribution in [3.05, 3.63) is 42.0 Å². The lowest BCUT2D eigenvalue weighted by Gasteiger charge is -2.35. The van der Waals surface area contributed by atoms with E-state index in [2.05, 4.69) is 5.32 Å². The summed E-state index contributed by atoms with van der Waals surface area (Å²) in [5, 5.41) is 2.85. The molecule has 2 fully saturated rings. The summed E-state index contributed by atoms with van der Waals surface area (Å²) < 4.78 is 0. The molecule has 3 heteroatoms. The number of Topliss-reactive ketones (excluding diaryl/α,β-unsaturated/α-hetero) is 1. The summed E-state index contributed by atoms with van der Waals surface area (Å²) in [6.45, 7) is 0.444. The number of hydrogen-bond acceptors (Lipinski definition) is 2. The Balaban J connectivity index is 1.38. The van der Waals surface area contributed by atoms with Gasteiger partial charge < -0.3 is 5.32 Å². The van der Waals surface area contributed by atoms with Crippen molar-refractivity contribution in [2.45, 2.75) is 64.2 Å². The Morgan fingerprint density at radius 3 is 2.37 bits per heavy atom. The van der Waals surface area contributed by atoms with Gasteiger partial charge in [0.1, 0.15) is 5.78 Å². The van der Waals surface area contributed by atoms with Gasteiger partial charge in [0.05, 0.1) is 0 Å². The monoisotopic (exact) mass is 367 g/mol. The molecule has 0 spiro atoms. The maximum absolute atomic E-state index is 12.6. The van der Waals surface area contributed by atoms with Crippen molar-refractivity contribution in [1.29, 1.82) is 0 Å². The molecule has 0 aliphatic heterocycles. The van der Waals surface area contributed by atoms with E-state index in [0.717, 1.165) is 30.2 Å². The zero-order valence-electron chi connectivity index (χ0n) is 16.4. The second-order valence-corrected chi connectivity index (χ2v) is 8.26. The fourth-order valence-electron chi connectivity index (χ4n) is 4.86. The van der Waals surface area contributed by atoms with Gasteiger partial charge in [-0.05, 0) is 42.7 Å². The van der Waals surface area contributed by atoms with Crippen LogP contribution in [-0.4, -0.2) is 18.2 Å². The topological polar surface area (TPSA) is 46.2 Å². The van der Waals surface area contributed by atoms with Gasteiger partial charge in [-0.1, -0.05) is 68.9 Å². The molecule has 3 unspecified atom stereocenters. The number of hydrogen-bond donors (Lipinski definition) is 1. The van der Waals surface area contributed by atoms with Crippen molar-refractivity contribution in [3.63, 3.8) is 0 Å². The predicted octanol–water partition coefficient (Wildman–Crippen LogP) is 5.16. The SMILES string of the molecule is O=C(/C=C/c1ccccc1)NCCC(=O)C1CCCC2CCCCC2CC1. The summed E-state index contributed by atoms with van der Waals surface area (Å²) in [4.78, 5) is 24.5. The summed E-state index contributed by atoms with van der Waals surface area (Å²) in [7, 11) is 0. The minimum Gasteiger partial charge on any atom is -0.352 e. The molecule has 146 valence electrons. The highest BCUT2D eigenvalue weighted by Crippen LogP contribution is 2.39. The third kappa shape index (κ3) is 6.34. The summed E-state index contributed by atoms with van der Waals surface area (Å²) >= 11 is 0. The molecule has 2 saturated carbocycles. The van der Waals surface area contributed by atoms with Crippen molar-refractivity contribution >= 4 is 17.8 Å². The Hall–Kier alpha value is -1.90. The van der Waals surface area contributed by atoms with Gasteiger partial charge in [0.15, 0.2) is 0 Å². The fraction of sp³-hybridized carbons (Fsp3) is 0.583. The molecule has 0 saturated heterocycles. The van der Waals surface area contributed by atoms with Crippen LogP contribution >= 0.6 is 0 Å². The van der Waals surface area contributed by atoms with E-state index in [1.165, 1.54) is 44.9 Å². The normalized spacial score (nSPS) is 26.0. The minimum absolute atomic E-state index is 0.130. The van der Waals surface area contributed by atoms with Crippen molar-refractivity contribution in [3.8, 4) is 0 Å². The largest absolute Gasteiger partial charge is 0.352 e. The first-order valence-corrected chi connectivity index (χ1v) is 10.8. The Bertz CT molecular complexity index is 637. The van der Waals surface area contributed by atoms with Crippen LogP contribution < -0.4 is 5.32 Å². The van der Waals surface area contributed by atoms with Gasteiger partial charge in [0, 0.05) is 25.0 Å². The third-order valence-electron chi connectivity index (χ3n) is 6.43. The number of benzene rings is 1. The molecule has 3 rings (SSSR count). The maximum Gasteiger partial charge on any atom is 0.244 e. The second-order valence-electron chi connectivity index (χ2n) is 8.26. The average Bonchev–Trinajstić information content (AvgIpc) is 2.68. The minimum atomic E-state index is -0.130. The van der Waals surface area contributed by atoms with Gasteiger partial charge in [-0.25, -0.2) is 0 Å². The molecule has 1 aromatic rings. The second kappa shape index (κ2) is 10.4. The van der Waals surface area contributed by atoms with E-state index in [1.807, 2.05) is 30.3 Å². The highest BCUT2D eigenvalue weighted by molar-refractivity contribution is 5.92. The molecule has 0 radical (unpaired) electrons. The molecule has 0 bridgehead atoms. The number of rotatable bonds is 6. The standard InChI is InChI=1S/C24H33NO2/c26-23(17-18-25-24(27)16-13-19-7-2-1-3-8-19)22-12-6-11-20-9-4-5-10-21(20)14-15-22/h1-3,7-8,13,16,20-22H,4-6,9-12,14-15,17-18H2,(H,25,27)/b16-13+. The zero-order valence-corrected chi connectivity index (χ0v) is 16.4. The van der Waals surface area contributed by atoms with Crippen LogP contribution in [0.5, 0.6) is 0 Å². The lowest BCUT2D eigenvalue weighted by atomic mass is 9.71. The molecule has 0 aromatic heterocycles. The van der Waals surface area contributed by atoms with Crippen LogP contribution in [-0.2, 0) is 9.59 Å². The predicted molar refractivity (Wildman–Crippen MR) is 110 cm³/mol. The lowest BCUT2D eigenvalue weighted by molar-refractivity contribution is -0.123. The highest BCUT2D eigenvalue weighted by Gasteiger charge is 2.29. The number of nitrogens with one attached hydrogen (secondary N) is 1. The lowest BCUT2D eigenvalue weighted by Crippen LogP contribution is -2.28. The van der Waals surface area contributed by atoms with Gasteiger partial charge in [0.2, 0.25) is 5.91 Å². The maximum atomic E-state index is 12.6. The van der Waals surface area contributed by atoms with Crippen LogP contribution in [0.15, 0.2) is 36.4 Å². The molecule has 3 nitrogen and oxygen atoms in total. The van der Waals surface area contributed by atoms with Gasteiger partial charge in [-0.2, -0.15) is 0 Å². The first-order chi connectivity index (χ1) is 13.2. The smallest absolute Gasteiger partial charge is 0.244 e. The summed E-state index contributed by atoms with van der Waals surface area (Å²) in [5.41, 5.74) is 0.999. The molecule has 2 aliphatic rings.